The molecule has 3 rings (SSSR count). The molecule has 0 spiro atoms. The number of anilines is 1. The number of piperidine rings is 1. The molecule has 0 unspecified atom stereocenters. The molecule has 0 bridgehead atoms. The number of rotatable bonds is 3. The molecule has 2 aromatic rings. The molecule has 1 saturated heterocycles. The molecule has 3 nitrogen and oxygen atoms in total. The summed E-state index contributed by atoms with van der Waals surface area (Å²) in [7, 11) is 0. The highest BCUT2D eigenvalue weighted by atomic mass is 35.5. The van der Waals surface area contributed by atoms with Gasteiger partial charge in [-0.25, -0.2) is 0 Å². The summed E-state index contributed by atoms with van der Waals surface area (Å²) in [5, 5.41) is 7.71. The highest BCUT2D eigenvalue weighted by Gasteiger charge is 2.20. The van der Waals surface area contributed by atoms with E-state index in [0.717, 1.165) is 30.5 Å². The quantitative estimate of drug-likeness (QED) is 0.929. The lowest BCUT2D eigenvalue weighted by Gasteiger charge is -2.32. The first kappa shape index (κ1) is 12.5. The van der Waals surface area contributed by atoms with Crippen LogP contribution >= 0.6 is 11.6 Å². The third-order valence-electron chi connectivity index (χ3n) is 3.90. The fourth-order valence-corrected chi connectivity index (χ4v) is 2.89. The Labute approximate surface area is 118 Å². The van der Waals surface area contributed by atoms with E-state index in [9.17, 15) is 0 Å². The van der Waals surface area contributed by atoms with Crippen LogP contribution in [0, 0.1) is 5.92 Å². The molecule has 0 aliphatic carbocycles. The maximum Gasteiger partial charge on any atom is 0.0749 e. The van der Waals surface area contributed by atoms with E-state index in [1.54, 1.807) is 0 Å². The first-order chi connectivity index (χ1) is 9.31. The molecule has 19 heavy (non-hydrogen) atoms. The minimum atomic E-state index is 0.782. The molecule has 1 aromatic carbocycles. The number of hydrogen-bond acceptors (Lipinski definition) is 2. The molecule has 1 aromatic heterocycles. The molecule has 0 atom stereocenters. The summed E-state index contributed by atoms with van der Waals surface area (Å²) in [4.78, 5) is 2.40. The van der Waals surface area contributed by atoms with Crippen LogP contribution in [-0.2, 0) is 6.42 Å². The van der Waals surface area contributed by atoms with Gasteiger partial charge in [0.2, 0.25) is 0 Å². The molecule has 1 aliphatic heterocycles. The van der Waals surface area contributed by atoms with Crippen LogP contribution in [0.4, 0.5) is 5.69 Å². The Morgan fingerprint density at radius 1 is 1.21 bits per heavy atom. The van der Waals surface area contributed by atoms with Crippen molar-refractivity contribution in [3.63, 3.8) is 0 Å². The number of aromatic amines is 1. The number of aromatic nitrogens is 2. The van der Waals surface area contributed by atoms with E-state index in [1.807, 2.05) is 24.5 Å². The Hall–Kier alpha value is -1.48. The summed E-state index contributed by atoms with van der Waals surface area (Å²) in [6, 6.07) is 8.25. The van der Waals surface area contributed by atoms with Gasteiger partial charge in [0.25, 0.3) is 0 Å². The third kappa shape index (κ3) is 3.10. The van der Waals surface area contributed by atoms with Crippen LogP contribution in [0.25, 0.3) is 0 Å². The van der Waals surface area contributed by atoms with Gasteiger partial charge < -0.3 is 4.90 Å². The molecular formula is C15H18ClN3. The maximum atomic E-state index is 5.92. The second kappa shape index (κ2) is 5.66. The number of hydrogen-bond donors (Lipinski definition) is 1. The SMILES string of the molecule is Clc1ccc(CC2CCN(c3cn[nH]c3)CC2)cc1. The van der Waals surface area contributed by atoms with Crippen molar-refractivity contribution in [2.75, 3.05) is 18.0 Å². The van der Waals surface area contributed by atoms with Gasteiger partial charge in [0.1, 0.15) is 0 Å². The van der Waals surface area contributed by atoms with E-state index in [-0.39, 0.29) is 0 Å². The van der Waals surface area contributed by atoms with Crippen molar-refractivity contribution >= 4 is 17.3 Å². The molecule has 1 fully saturated rings. The van der Waals surface area contributed by atoms with Crippen molar-refractivity contribution < 1.29 is 0 Å². The summed E-state index contributed by atoms with van der Waals surface area (Å²) in [6.45, 7) is 2.25. The maximum absolute atomic E-state index is 5.92. The Bertz CT molecular complexity index is 499. The molecule has 1 aliphatic rings. The van der Waals surface area contributed by atoms with Crippen LogP contribution < -0.4 is 4.90 Å². The van der Waals surface area contributed by atoms with E-state index in [1.165, 1.54) is 24.1 Å². The van der Waals surface area contributed by atoms with Crippen LogP contribution in [0.3, 0.4) is 0 Å². The number of nitrogens with one attached hydrogen (secondary N) is 1. The minimum Gasteiger partial charge on any atom is -0.369 e. The summed E-state index contributed by atoms with van der Waals surface area (Å²) < 4.78 is 0. The number of nitrogens with zero attached hydrogens (tertiary/aromatic N) is 2. The van der Waals surface area contributed by atoms with Gasteiger partial charge in [0, 0.05) is 24.3 Å². The minimum absolute atomic E-state index is 0.782. The van der Waals surface area contributed by atoms with Gasteiger partial charge in [-0.2, -0.15) is 5.10 Å². The number of halogens is 1. The van der Waals surface area contributed by atoms with Gasteiger partial charge >= 0.3 is 0 Å². The largest absolute Gasteiger partial charge is 0.369 e. The summed E-state index contributed by atoms with van der Waals surface area (Å²) in [5.74, 6) is 0.782. The van der Waals surface area contributed by atoms with Gasteiger partial charge in [0.05, 0.1) is 11.9 Å². The van der Waals surface area contributed by atoms with Crippen LogP contribution in [0.2, 0.25) is 5.02 Å². The summed E-state index contributed by atoms with van der Waals surface area (Å²) in [6.07, 6.45) is 7.52. The van der Waals surface area contributed by atoms with Crippen molar-refractivity contribution in [2.24, 2.45) is 5.92 Å². The first-order valence-electron chi connectivity index (χ1n) is 6.79. The van der Waals surface area contributed by atoms with Crippen molar-refractivity contribution in [2.45, 2.75) is 19.3 Å². The molecule has 0 amide bonds. The summed E-state index contributed by atoms with van der Waals surface area (Å²) >= 11 is 5.92. The molecule has 0 saturated carbocycles. The third-order valence-corrected chi connectivity index (χ3v) is 4.15. The lowest BCUT2D eigenvalue weighted by molar-refractivity contribution is 0.404. The highest BCUT2D eigenvalue weighted by Crippen LogP contribution is 2.25. The number of H-pyrrole nitrogens is 1. The predicted molar refractivity (Wildman–Crippen MR) is 78.7 cm³/mol. The Morgan fingerprint density at radius 2 is 1.95 bits per heavy atom. The second-order valence-electron chi connectivity index (χ2n) is 5.22. The van der Waals surface area contributed by atoms with Gasteiger partial charge in [-0.3, -0.25) is 5.10 Å². The number of benzene rings is 1. The van der Waals surface area contributed by atoms with Gasteiger partial charge in [-0.1, -0.05) is 23.7 Å². The van der Waals surface area contributed by atoms with E-state index in [2.05, 4.69) is 27.2 Å². The van der Waals surface area contributed by atoms with E-state index < -0.39 is 0 Å². The van der Waals surface area contributed by atoms with Crippen molar-refractivity contribution in [3.05, 3.63) is 47.2 Å². The highest BCUT2D eigenvalue weighted by molar-refractivity contribution is 6.30. The molecule has 2 heterocycles. The Kier molecular flexibility index (Phi) is 3.74. The lowest BCUT2D eigenvalue weighted by atomic mass is 9.90. The van der Waals surface area contributed by atoms with Crippen LogP contribution in [0.15, 0.2) is 36.7 Å². The van der Waals surface area contributed by atoms with Crippen molar-refractivity contribution in [1.29, 1.82) is 0 Å². The Morgan fingerprint density at radius 3 is 2.58 bits per heavy atom. The predicted octanol–water partition coefficient (Wildman–Crippen LogP) is 3.52. The van der Waals surface area contributed by atoms with E-state index >= 15 is 0 Å². The zero-order valence-electron chi connectivity index (χ0n) is 10.8. The summed E-state index contributed by atoms with van der Waals surface area (Å²) in [5.41, 5.74) is 2.61. The topological polar surface area (TPSA) is 31.9 Å². The molecule has 1 N–H and O–H groups in total. The second-order valence-corrected chi connectivity index (χ2v) is 5.65. The normalized spacial score (nSPS) is 16.8. The van der Waals surface area contributed by atoms with Crippen LogP contribution in [0.1, 0.15) is 18.4 Å². The average Bonchev–Trinajstić information content (AvgIpc) is 2.96. The Balaban J connectivity index is 1.54. The molecular weight excluding hydrogens is 258 g/mol. The van der Waals surface area contributed by atoms with Gasteiger partial charge in [-0.15, -0.1) is 0 Å². The lowest BCUT2D eigenvalue weighted by Crippen LogP contribution is -2.34. The molecule has 4 heteroatoms. The molecule has 0 radical (unpaired) electrons. The van der Waals surface area contributed by atoms with Crippen molar-refractivity contribution in [1.82, 2.24) is 10.2 Å². The monoisotopic (exact) mass is 275 g/mol. The van der Waals surface area contributed by atoms with E-state index in [4.69, 9.17) is 11.6 Å². The average molecular weight is 276 g/mol. The fourth-order valence-electron chi connectivity index (χ4n) is 2.77. The zero-order valence-corrected chi connectivity index (χ0v) is 11.6. The standard InChI is InChI=1S/C15H18ClN3/c16-14-3-1-12(2-4-14)9-13-5-7-19(8-6-13)15-10-17-18-11-15/h1-4,10-11,13H,5-9H2,(H,17,18). The van der Waals surface area contributed by atoms with Crippen LogP contribution in [0.5, 0.6) is 0 Å². The van der Waals surface area contributed by atoms with Crippen molar-refractivity contribution in [3.8, 4) is 0 Å². The first-order valence-corrected chi connectivity index (χ1v) is 7.17. The molecule has 100 valence electrons. The van der Waals surface area contributed by atoms with Gasteiger partial charge in [0.15, 0.2) is 0 Å². The smallest absolute Gasteiger partial charge is 0.0749 e. The zero-order chi connectivity index (χ0) is 13.1. The fraction of sp³-hybridized carbons (Fsp3) is 0.400. The van der Waals surface area contributed by atoms with Crippen LogP contribution in [-0.4, -0.2) is 23.3 Å². The van der Waals surface area contributed by atoms with E-state index in [0.29, 0.717) is 0 Å². The van der Waals surface area contributed by atoms with Gasteiger partial charge in [-0.05, 0) is 42.9 Å².